The summed E-state index contributed by atoms with van der Waals surface area (Å²) in [6.45, 7) is 1.67. The van der Waals surface area contributed by atoms with Gasteiger partial charge < -0.3 is 25.1 Å². The third-order valence-electron chi connectivity index (χ3n) is 3.82. The number of imidazole rings is 1. The minimum absolute atomic E-state index is 0.141. The van der Waals surface area contributed by atoms with Gasteiger partial charge in [0.05, 0.1) is 12.9 Å². The molecule has 1 unspecified atom stereocenters. The second kappa shape index (κ2) is 4.60. The molecule has 9 nitrogen and oxygen atoms in total. The van der Waals surface area contributed by atoms with Gasteiger partial charge in [0.25, 0.3) is 0 Å². The number of ether oxygens (including phenoxy) is 3. The number of nitrogens with zero attached hydrogens (tertiary/aromatic N) is 4. The molecule has 0 saturated carbocycles. The van der Waals surface area contributed by atoms with E-state index in [1.807, 2.05) is 6.92 Å². The summed E-state index contributed by atoms with van der Waals surface area (Å²) in [4.78, 5) is 12.3. The summed E-state index contributed by atoms with van der Waals surface area (Å²) >= 11 is 0. The van der Waals surface area contributed by atoms with Crippen molar-refractivity contribution in [3.63, 3.8) is 0 Å². The second-order valence-corrected chi connectivity index (χ2v) is 5.10. The van der Waals surface area contributed by atoms with Crippen LogP contribution < -0.4 is 5.73 Å². The second-order valence-electron chi connectivity index (χ2n) is 5.10. The van der Waals surface area contributed by atoms with Gasteiger partial charge in [0.2, 0.25) is 0 Å². The van der Waals surface area contributed by atoms with E-state index in [2.05, 4.69) is 15.0 Å². The van der Waals surface area contributed by atoms with Gasteiger partial charge in [-0.1, -0.05) is 0 Å². The van der Waals surface area contributed by atoms with Crippen molar-refractivity contribution in [3.8, 4) is 0 Å². The van der Waals surface area contributed by atoms with Crippen molar-refractivity contribution in [3.05, 3.63) is 12.7 Å². The standard InChI is InChI=1S/C12H15N5O4/c1-5-19-8-6(2-18)21-12(9(8)20-5)17-4-16-7-10(13)14-3-15-11(7)17/h3-6,8-9,12,18H,2H2,1H3,(H2,13,14,15)/t5?,6-,8-,9-,12-/m1/s1. The molecule has 0 spiro atoms. The lowest BCUT2D eigenvalue weighted by molar-refractivity contribution is -0.143. The SMILES string of the molecule is CC1O[C@@H]2[C@H](O1)[C@@H](CO)O[C@H]2n1cnc2c(N)ncnc21. The van der Waals surface area contributed by atoms with E-state index in [4.69, 9.17) is 19.9 Å². The van der Waals surface area contributed by atoms with Crippen LogP contribution in [0.4, 0.5) is 5.82 Å². The highest BCUT2D eigenvalue weighted by molar-refractivity contribution is 5.81. The first-order valence-electron chi connectivity index (χ1n) is 6.69. The summed E-state index contributed by atoms with van der Waals surface area (Å²) in [7, 11) is 0. The largest absolute Gasteiger partial charge is 0.394 e. The average molecular weight is 293 g/mol. The Hall–Kier alpha value is -1.81. The van der Waals surface area contributed by atoms with E-state index in [9.17, 15) is 5.11 Å². The molecule has 0 amide bonds. The highest BCUT2D eigenvalue weighted by Gasteiger charge is 2.52. The van der Waals surface area contributed by atoms with E-state index >= 15 is 0 Å². The Balaban J connectivity index is 1.76. The number of hydrogen-bond acceptors (Lipinski definition) is 8. The molecule has 2 aliphatic rings. The number of aliphatic hydroxyl groups is 1. The normalized spacial score (nSPS) is 35.4. The van der Waals surface area contributed by atoms with E-state index in [1.165, 1.54) is 6.33 Å². The molecule has 2 aromatic rings. The number of nitrogens with two attached hydrogens (primary N) is 1. The zero-order chi connectivity index (χ0) is 14.6. The van der Waals surface area contributed by atoms with Gasteiger partial charge in [0, 0.05) is 0 Å². The fourth-order valence-electron chi connectivity index (χ4n) is 2.92. The van der Waals surface area contributed by atoms with Crippen LogP contribution in [0.25, 0.3) is 11.2 Å². The molecule has 5 atom stereocenters. The monoisotopic (exact) mass is 293 g/mol. The highest BCUT2D eigenvalue weighted by Crippen LogP contribution is 2.40. The van der Waals surface area contributed by atoms with Crippen molar-refractivity contribution in [1.29, 1.82) is 0 Å². The molecule has 4 heterocycles. The molecule has 2 fully saturated rings. The number of hydrogen-bond donors (Lipinski definition) is 2. The molecule has 3 N–H and O–H groups in total. The zero-order valence-corrected chi connectivity index (χ0v) is 11.3. The van der Waals surface area contributed by atoms with Gasteiger partial charge in [0.15, 0.2) is 24.0 Å². The molecule has 112 valence electrons. The molecule has 4 rings (SSSR count). The van der Waals surface area contributed by atoms with Gasteiger partial charge >= 0.3 is 0 Å². The molecule has 0 aliphatic carbocycles. The van der Waals surface area contributed by atoms with Crippen molar-refractivity contribution >= 4 is 17.0 Å². The maximum absolute atomic E-state index is 9.44. The number of aromatic nitrogens is 4. The van der Waals surface area contributed by atoms with Gasteiger partial charge in [-0.25, -0.2) is 15.0 Å². The Morgan fingerprint density at radius 2 is 2.05 bits per heavy atom. The molecule has 0 radical (unpaired) electrons. The summed E-state index contributed by atoms with van der Waals surface area (Å²) in [6.07, 6.45) is 1.06. The minimum atomic E-state index is -0.476. The first-order chi connectivity index (χ1) is 10.2. The van der Waals surface area contributed by atoms with Crippen LogP contribution in [-0.4, -0.2) is 55.8 Å². The quantitative estimate of drug-likeness (QED) is 0.755. The average Bonchev–Trinajstić information content (AvgIpc) is 3.12. The van der Waals surface area contributed by atoms with Crippen LogP contribution in [-0.2, 0) is 14.2 Å². The summed E-state index contributed by atoms with van der Waals surface area (Å²) < 4.78 is 19.0. The third kappa shape index (κ3) is 1.82. The topological polar surface area (TPSA) is 118 Å². The third-order valence-corrected chi connectivity index (χ3v) is 3.82. The molecule has 2 aromatic heterocycles. The fraction of sp³-hybridized carbons (Fsp3) is 0.583. The Labute approximate surface area is 119 Å². The number of nitrogen functional groups attached to an aromatic ring is 1. The van der Waals surface area contributed by atoms with E-state index in [0.29, 0.717) is 17.0 Å². The van der Waals surface area contributed by atoms with Crippen LogP contribution in [0.15, 0.2) is 12.7 Å². The van der Waals surface area contributed by atoms with Gasteiger partial charge in [0.1, 0.15) is 30.2 Å². The molecular formula is C12H15N5O4. The Bertz CT molecular complexity index is 677. The summed E-state index contributed by atoms with van der Waals surface area (Å²) in [6, 6.07) is 0. The lowest BCUT2D eigenvalue weighted by Gasteiger charge is -2.19. The molecule has 21 heavy (non-hydrogen) atoms. The van der Waals surface area contributed by atoms with E-state index in [-0.39, 0.29) is 25.1 Å². The van der Waals surface area contributed by atoms with Gasteiger partial charge in [-0.05, 0) is 6.92 Å². The Kier molecular flexibility index (Phi) is 2.82. The molecule has 2 aliphatic heterocycles. The zero-order valence-electron chi connectivity index (χ0n) is 11.3. The van der Waals surface area contributed by atoms with Crippen molar-refractivity contribution < 1.29 is 19.3 Å². The maximum Gasteiger partial charge on any atom is 0.167 e. The molecule has 0 aromatic carbocycles. The smallest absolute Gasteiger partial charge is 0.167 e. The van der Waals surface area contributed by atoms with Crippen LogP contribution in [0.1, 0.15) is 13.2 Å². The lowest BCUT2D eigenvalue weighted by Crippen LogP contribution is -2.30. The molecule has 9 heteroatoms. The number of aliphatic hydroxyl groups excluding tert-OH is 1. The summed E-state index contributed by atoms with van der Waals surface area (Å²) in [5.41, 5.74) is 6.86. The van der Waals surface area contributed by atoms with Crippen LogP contribution in [0, 0.1) is 0 Å². The number of fused-ring (bicyclic) bond motifs is 2. The van der Waals surface area contributed by atoms with Crippen molar-refractivity contribution in [2.75, 3.05) is 12.3 Å². The maximum atomic E-state index is 9.44. The first kappa shape index (κ1) is 12.9. The van der Waals surface area contributed by atoms with Gasteiger partial charge in [-0.2, -0.15) is 0 Å². The molecular weight excluding hydrogens is 278 g/mol. The van der Waals surface area contributed by atoms with E-state index in [0.717, 1.165) is 0 Å². The lowest BCUT2D eigenvalue weighted by atomic mass is 10.1. The van der Waals surface area contributed by atoms with Crippen molar-refractivity contribution in [2.24, 2.45) is 0 Å². The fourth-order valence-corrected chi connectivity index (χ4v) is 2.92. The Morgan fingerprint density at radius 1 is 1.24 bits per heavy atom. The predicted molar refractivity (Wildman–Crippen MR) is 69.9 cm³/mol. The Morgan fingerprint density at radius 3 is 2.86 bits per heavy atom. The molecule has 2 saturated heterocycles. The summed E-state index contributed by atoms with van der Waals surface area (Å²) in [5, 5.41) is 9.44. The summed E-state index contributed by atoms with van der Waals surface area (Å²) in [5.74, 6) is 0.309. The first-order valence-corrected chi connectivity index (χ1v) is 6.69. The van der Waals surface area contributed by atoms with Crippen LogP contribution in [0.2, 0.25) is 0 Å². The van der Waals surface area contributed by atoms with Crippen LogP contribution in [0.5, 0.6) is 0 Å². The van der Waals surface area contributed by atoms with Crippen LogP contribution >= 0.6 is 0 Å². The van der Waals surface area contributed by atoms with E-state index < -0.39 is 12.3 Å². The number of rotatable bonds is 2. The number of anilines is 1. The van der Waals surface area contributed by atoms with Crippen LogP contribution in [0.3, 0.4) is 0 Å². The predicted octanol–water partition coefficient (Wildman–Crippen LogP) is -0.572. The minimum Gasteiger partial charge on any atom is -0.394 e. The highest BCUT2D eigenvalue weighted by atomic mass is 16.8. The molecule has 0 bridgehead atoms. The van der Waals surface area contributed by atoms with Crippen molar-refractivity contribution in [2.45, 2.75) is 37.8 Å². The van der Waals surface area contributed by atoms with Crippen molar-refractivity contribution in [1.82, 2.24) is 19.5 Å². The van der Waals surface area contributed by atoms with Gasteiger partial charge in [-0.3, -0.25) is 4.57 Å². The van der Waals surface area contributed by atoms with Gasteiger partial charge in [-0.15, -0.1) is 0 Å². The van der Waals surface area contributed by atoms with E-state index in [1.54, 1.807) is 10.9 Å².